The molecule has 1 atom stereocenters. The van der Waals surface area contributed by atoms with Crippen LogP contribution >= 0.6 is 11.7 Å². The average molecular weight is 282 g/mol. The largest absolute Gasteiger partial charge is 0.326 e. The first kappa shape index (κ1) is 11.5. The number of carbonyl (C=O) groups is 1. The Bertz CT molecular complexity index is 799. The summed E-state index contributed by atoms with van der Waals surface area (Å²) in [5.74, 6) is 0.00828. The standard InChI is InChI=1S/C14H10N4OS/c19-12-6-9(8-2-1-5-15-7-8)13-10(16-12)3-4-11-14(13)18-20-17-11/h1-5,7,9H,6H2,(H,16,19). The number of amides is 1. The van der Waals surface area contributed by atoms with Crippen molar-refractivity contribution in [3.05, 3.63) is 47.8 Å². The second kappa shape index (κ2) is 4.35. The molecule has 0 aliphatic carbocycles. The highest BCUT2D eigenvalue weighted by Crippen LogP contribution is 2.40. The summed E-state index contributed by atoms with van der Waals surface area (Å²) in [7, 11) is 0. The van der Waals surface area contributed by atoms with Crippen molar-refractivity contribution in [2.45, 2.75) is 12.3 Å². The van der Waals surface area contributed by atoms with Gasteiger partial charge < -0.3 is 5.32 Å². The third-order valence-corrected chi connectivity index (χ3v) is 4.11. The van der Waals surface area contributed by atoms with Gasteiger partial charge in [-0.25, -0.2) is 0 Å². The summed E-state index contributed by atoms with van der Waals surface area (Å²) in [6.45, 7) is 0. The zero-order chi connectivity index (χ0) is 13.5. The molecule has 1 N–H and O–H groups in total. The van der Waals surface area contributed by atoms with E-state index in [9.17, 15) is 4.79 Å². The molecule has 6 heteroatoms. The van der Waals surface area contributed by atoms with Crippen molar-refractivity contribution in [3.8, 4) is 0 Å². The molecule has 1 unspecified atom stereocenters. The number of nitrogens with zero attached hydrogens (tertiary/aromatic N) is 3. The number of carbonyl (C=O) groups excluding carboxylic acids is 1. The molecule has 20 heavy (non-hydrogen) atoms. The van der Waals surface area contributed by atoms with Crippen LogP contribution in [0.5, 0.6) is 0 Å². The van der Waals surface area contributed by atoms with Gasteiger partial charge in [-0.05, 0) is 23.8 Å². The number of fused-ring (bicyclic) bond motifs is 3. The van der Waals surface area contributed by atoms with E-state index in [1.54, 1.807) is 6.20 Å². The first-order chi connectivity index (χ1) is 9.83. The third kappa shape index (κ3) is 1.69. The fourth-order valence-electron chi connectivity index (χ4n) is 2.69. The molecule has 1 aliphatic rings. The molecule has 0 fully saturated rings. The van der Waals surface area contributed by atoms with Crippen LogP contribution < -0.4 is 5.32 Å². The average Bonchev–Trinajstić information content (AvgIpc) is 2.95. The number of hydrogen-bond acceptors (Lipinski definition) is 5. The lowest BCUT2D eigenvalue weighted by Gasteiger charge is -2.25. The van der Waals surface area contributed by atoms with Gasteiger partial charge in [-0.15, -0.1) is 0 Å². The van der Waals surface area contributed by atoms with Gasteiger partial charge in [-0.3, -0.25) is 9.78 Å². The van der Waals surface area contributed by atoms with Gasteiger partial charge >= 0.3 is 0 Å². The fraction of sp³-hybridized carbons (Fsp3) is 0.143. The van der Waals surface area contributed by atoms with Crippen molar-refractivity contribution in [1.29, 1.82) is 0 Å². The van der Waals surface area contributed by atoms with E-state index in [1.807, 2.05) is 30.5 Å². The summed E-state index contributed by atoms with van der Waals surface area (Å²) in [5.41, 5.74) is 4.66. The molecule has 0 saturated heterocycles. The van der Waals surface area contributed by atoms with E-state index in [0.717, 1.165) is 27.8 Å². The Balaban J connectivity index is 1.99. The quantitative estimate of drug-likeness (QED) is 0.745. The van der Waals surface area contributed by atoms with Crippen LogP contribution in [0.3, 0.4) is 0 Å². The summed E-state index contributed by atoms with van der Waals surface area (Å²) >= 11 is 1.20. The molecule has 0 bridgehead atoms. The van der Waals surface area contributed by atoms with Crippen LogP contribution in [0.15, 0.2) is 36.7 Å². The van der Waals surface area contributed by atoms with E-state index in [0.29, 0.717) is 6.42 Å². The minimum Gasteiger partial charge on any atom is -0.326 e. The topological polar surface area (TPSA) is 67.8 Å². The van der Waals surface area contributed by atoms with E-state index < -0.39 is 0 Å². The zero-order valence-electron chi connectivity index (χ0n) is 10.4. The van der Waals surface area contributed by atoms with Crippen LogP contribution in [0, 0.1) is 0 Å². The highest BCUT2D eigenvalue weighted by Gasteiger charge is 2.29. The van der Waals surface area contributed by atoms with Crippen LogP contribution in [0.4, 0.5) is 5.69 Å². The molecule has 5 nitrogen and oxygen atoms in total. The van der Waals surface area contributed by atoms with Crippen molar-refractivity contribution in [1.82, 2.24) is 13.7 Å². The van der Waals surface area contributed by atoms with Gasteiger partial charge in [0.1, 0.15) is 11.0 Å². The van der Waals surface area contributed by atoms with Crippen molar-refractivity contribution in [2.75, 3.05) is 5.32 Å². The molecule has 2 aromatic heterocycles. The zero-order valence-corrected chi connectivity index (χ0v) is 11.2. The molecule has 3 aromatic rings. The Kier molecular flexibility index (Phi) is 2.50. The number of hydrogen-bond donors (Lipinski definition) is 1. The normalized spacial score (nSPS) is 17.8. The van der Waals surface area contributed by atoms with Crippen LogP contribution in [0.2, 0.25) is 0 Å². The lowest BCUT2D eigenvalue weighted by atomic mass is 9.85. The van der Waals surface area contributed by atoms with E-state index in [1.165, 1.54) is 11.7 Å². The minimum absolute atomic E-state index is 0.0138. The number of aromatic nitrogens is 3. The molecule has 0 spiro atoms. The second-order valence-corrected chi connectivity index (χ2v) is 5.28. The molecule has 98 valence electrons. The van der Waals surface area contributed by atoms with Crippen molar-refractivity contribution in [2.24, 2.45) is 0 Å². The van der Waals surface area contributed by atoms with Gasteiger partial charge in [-0.2, -0.15) is 8.75 Å². The summed E-state index contributed by atoms with van der Waals surface area (Å²) in [5, 5.41) is 2.92. The lowest BCUT2D eigenvalue weighted by molar-refractivity contribution is -0.116. The van der Waals surface area contributed by atoms with E-state index in [4.69, 9.17) is 0 Å². The maximum absolute atomic E-state index is 11.9. The Hall–Kier alpha value is -2.34. The third-order valence-electron chi connectivity index (χ3n) is 3.57. The van der Waals surface area contributed by atoms with Crippen molar-refractivity contribution < 1.29 is 4.79 Å². The molecule has 4 rings (SSSR count). The van der Waals surface area contributed by atoms with Crippen LogP contribution in [-0.2, 0) is 4.79 Å². The molecule has 1 amide bonds. The first-order valence-corrected chi connectivity index (χ1v) is 7.01. The first-order valence-electron chi connectivity index (χ1n) is 6.28. The van der Waals surface area contributed by atoms with E-state index in [2.05, 4.69) is 19.0 Å². The highest BCUT2D eigenvalue weighted by atomic mass is 32.1. The van der Waals surface area contributed by atoms with Crippen LogP contribution in [0.25, 0.3) is 11.0 Å². The van der Waals surface area contributed by atoms with Crippen molar-refractivity contribution >= 4 is 34.4 Å². The number of nitrogens with one attached hydrogen (secondary N) is 1. The monoisotopic (exact) mass is 282 g/mol. The fourth-order valence-corrected chi connectivity index (χ4v) is 3.24. The number of anilines is 1. The summed E-state index contributed by atoms with van der Waals surface area (Å²) in [4.78, 5) is 16.1. The molecule has 1 aromatic carbocycles. The maximum atomic E-state index is 11.9. The number of benzene rings is 1. The van der Waals surface area contributed by atoms with E-state index >= 15 is 0 Å². The lowest BCUT2D eigenvalue weighted by Crippen LogP contribution is -2.23. The van der Waals surface area contributed by atoms with Crippen LogP contribution in [-0.4, -0.2) is 19.6 Å². The molecule has 3 heterocycles. The number of pyridine rings is 1. The van der Waals surface area contributed by atoms with Gasteiger partial charge in [0, 0.05) is 36.0 Å². The minimum atomic E-state index is -0.0138. The summed E-state index contributed by atoms with van der Waals surface area (Å²) < 4.78 is 8.67. The van der Waals surface area contributed by atoms with Gasteiger partial charge in [0.2, 0.25) is 5.91 Å². The molecular formula is C14H10N4OS. The molecule has 0 saturated carbocycles. The van der Waals surface area contributed by atoms with Gasteiger partial charge in [0.05, 0.1) is 11.7 Å². The van der Waals surface area contributed by atoms with Crippen molar-refractivity contribution in [3.63, 3.8) is 0 Å². The SMILES string of the molecule is O=C1CC(c2cccnc2)c2c(ccc3nsnc23)N1. The van der Waals surface area contributed by atoms with E-state index in [-0.39, 0.29) is 11.8 Å². The second-order valence-electron chi connectivity index (χ2n) is 4.75. The Morgan fingerprint density at radius 3 is 3.05 bits per heavy atom. The van der Waals surface area contributed by atoms with Gasteiger partial charge in [0.25, 0.3) is 0 Å². The predicted octanol–water partition coefficient (Wildman–Crippen LogP) is 2.56. The van der Waals surface area contributed by atoms with Crippen LogP contribution in [0.1, 0.15) is 23.5 Å². The summed E-state index contributed by atoms with van der Waals surface area (Å²) in [6, 6.07) is 7.68. The van der Waals surface area contributed by atoms with Gasteiger partial charge in [-0.1, -0.05) is 6.07 Å². The highest BCUT2D eigenvalue weighted by molar-refractivity contribution is 7.00. The number of rotatable bonds is 1. The maximum Gasteiger partial charge on any atom is 0.225 e. The predicted molar refractivity (Wildman–Crippen MR) is 76.7 cm³/mol. The summed E-state index contributed by atoms with van der Waals surface area (Å²) in [6.07, 6.45) is 3.96. The Morgan fingerprint density at radius 2 is 2.20 bits per heavy atom. The molecular weight excluding hydrogens is 272 g/mol. The molecule has 0 radical (unpaired) electrons. The molecule has 1 aliphatic heterocycles. The Morgan fingerprint density at radius 1 is 1.25 bits per heavy atom. The Labute approximate surface area is 119 Å². The smallest absolute Gasteiger partial charge is 0.225 e. The van der Waals surface area contributed by atoms with Gasteiger partial charge in [0.15, 0.2) is 0 Å².